The first kappa shape index (κ1) is 13.4. The van der Waals surface area contributed by atoms with Crippen LogP contribution in [0.5, 0.6) is 0 Å². The van der Waals surface area contributed by atoms with E-state index in [2.05, 4.69) is 4.72 Å². The number of hydrogen-bond donors (Lipinski definition) is 2. The van der Waals surface area contributed by atoms with Gasteiger partial charge in [-0.3, -0.25) is 4.79 Å². The lowest BCUT2D eigenvalue weighted by Crippen LogP contribution is -2.39. The summed E-state index contributed by atoms with van der Waals surface area (Å²) < 4.78 is 27.1. The summed E-state index contributed by atoms with van der Waals surface area (Å²) in [7, 11) is -3.39. The predicted octanol–water partition coefficient (Wildman–Crippen LogP) is 0.0274. The Balaban J connectivity index is 2.33. The van der Waals surface area contributed by atoms with Gasteiger partial charge in [-0.25, -0.2) is 4.72 Å². The zero-order valence-electron chi connectivity index (χ0n) is 9.35. The smallest absolute Gasteiger partial charge is 0.306 e. The fourth-order valence-corrected chi connectivity index (χ4v) is 2.84. The van der Waals surface area contributed by atoms with Gasteiger partial charge in [0.1, 0.15) is 0 Å². The summed E-state index contributed by atoms with van der Waals surface area (Å²) in [6.07, 6.45) is 2.10. The van der Waals surface area contributed by atoms with Crippen molar-refractivity contribution in [1.82, 2.24) is 9.03 Å². The third kappa shape index (κ3) is 3.73. The van der Waals surface area contributed by atoms with Gasteiger partial charge in [0.2, 0.25) is 0 Å². The predicted molar refractivity (Wildman–Crippen MR) is 59.1 cm³/mol. The monoisotopic (exact) mass is 250 g/mol. The van der Waals surface area contributed by atoms with Gasteiger partial charge in [0.25, 0.3) is 10.2 Å². The SMILES string of the molecule is CC(CCNS(=O)(=O)N1CCCC1)C(=O)O. The Morgan fingerprint density at radius 2 is 2.00 bits per heavy atom. The third-order valence-corrected chi connectivity index (χ3v) is 4.30. The normalized spacial score (nSPS) is 19.8. The standard InChI is InChI=1S/C9H18N2O4S/c1-8(9(12)13)4-5-10-16(14,15)11-6-2-3-7-11/h8,10H,2-7H2,1H3,(H,12,13). The molecular formula is C9H18N2O4S. The van der Waals surface area contributed by atoms with E-state index in [-0.39, 0.29) is 6.54 Å². The van der Waals surface area contributed by atoms with Crippen molar-refractivity contribution >= 4 is 16.2 Å². The molecule has 1 aliphatic rings. The molecule has 0 aromatic carbocycles. The highest BCUT2D eigenvalue weighted by Crippen LogP contribution is 2.11. The maximum Gasteiger partial charge on any atom is 0.306 e. The van der Waals surface area contributed by atoms with Crippen molar-refractivity contribution in [2.75, 3.05) is 19.6 Å². The Hall–Kier alpha value is -0.660. The summed E-state index contributed by atoms with van der Waals surface area (Å²) in [5.74, 6) is -1.43. The molecule has 0 aromatic rings. The van der Waals surface area contributed by atoms with Gasteiger partial charge in [-0.15, -0.1) is 0 Å². The van der Waals surface area contributed by atoms with Crippen molar-refractivity contribution in [3.63, 3.8) is 0 Å². The lowest BCUT2D eigenvalue weighted by Gasteiger charge is -2.16. The van der Waals surface area contributed by atoms with Gasteiger partial charge in [0.15, 0.2) is 0 Å². The number of nitrogens with zero attached hydrogens (tertiary/aromatic N) is 1. The molecule has 94 valence electrons. The molecule has 2 N–H and O–H groups in total. The zero-order chi connectivity index (χ0) is 12.2. The first-order valence-corrected chi connectivity index (χ1v) is 6.85. The van der Waals surface area contributed by atoms with Crippen molar-refractivity contribution in [2.45, 2.75) is 26.2 Å². The minimum atomic E-state index is -3.39. The molecule has 16 heavy (non-hydrogen) atoms. The van der Waals surface area contributed by atoms with Crippen LogP contribution in [-0.2, 0) is 15.0 Å². The molecule has 0 aliphatic carbocycles. The third-order valence-electron chi connectivity index (χ3n) is 2.69. The van der Waals surface area contributed by atoms with Crippen molar-refractivity contribution in [1.29, 1.82) is 0 Å². The van der Waals surface area contributed by atoms with E-state index in [9.17, 15) is 13.2 Å². The second kappa shape index (κ2) is 5.60. The number of rotatable bonds is 6. The van der Waals surface area contributed by atoms with E-state index in [1.165, 1.54) is 4.31 Å². The Morgan fingerprint density at radius 1 is 1.44 bits per heavy atom. The van der Waals surface area contributed by atoms with Gasteiger partial charge in [-0.2, -0.15) is 12.7 Å². The minimum absolute atomic E-state index is 0.173. The molecule has 0 amide bonds. The quantitative estimate of drug-likeness (QED) is 0.696. The van der Waals surface area contributed by atoms with Gasteiger partial charge >= 0.3 is 5.97 Å². The van der Waals surface area contributed by atoms with Gasteiger partial charge in [0.05, 0.1) is 5.92 Å². The molecule has 1 heterocycles. The molecule has 1 fully saturated rings. The maximum atomic E-state index is 11.7. The van der Waals surface area contributed by atoms with Gasteiger partial charge in [-0.05, 0) is 19.3 Å². The van der Waals surface area contributed by atoms with Crippen molar-refractivity contribution < 1.29 is 18.3 Å². The van der Waals surface area contributed by atoms with Crippen molar-refractivity contribution in [2.24, 2.45) is 5.92 Å². The topological polar surface area (TPSA) is 86.7 Å². The average molecular weight is 250 g/mol. The molecule has 0 saturated carbocycles. The molecule has 1 atom stereocenters. The summed E-state index contributed by atoms with van der Waals surface area (Å²) in [6.45, 7) is 2.85. The van der Waals surface area contributed by atoms with Crippen LogP contribution in [-0.4, -0.2) is 43.4 Å². The van der Waals surface area contributed by atoms with Crippen LogP contribution in [0.1, 0.15) is 26.2 Å². The molecule has 0 aromatic heterocycles. The van der Waals surface area contributed by atoms with Crippen LogP contribution < -0.4 is 4.72 Å². The second-order valence-electron chi connectivity index (χ2n) is 4.03. The fraction of sp³-hybridized carbons (Fsp3) is 0.889. The zero-order valence-corrected chi connectivity index (χ0v) is 10.2. The van der Waals surface area contributed by atoms with Gasteiger partial charge in [-0.1, -0.05) is 6.92 Å². The second-order valence-corrected chi connectivity index (χ2v) is 5.79. The highest BCUT2D eigenvalue weighted by molar-refractivity contribution is 7.87. The number of aliphatic carboxylic acids is 1. The Labute approximate surface area is 95.8 Å². The summed E-state index contributed by atoms with van der Waals surface area (Å²) in [5, 5.41) is 8.64. The highest BCUT2D eigenvalue weighted by atomic mass is 32.2. The van der Waals surface area contributed by atoms with E-state index in [1.54, 1.807) is 6.92 Å². The first-order chi connectivity index (χ1) is 7.43. The van der Waals surface area contributed by atoms with Crippen molar-refractivity contribution in [3.8, 4) is 0 Å². The summed E-state index contributed by atoms with van der Waals surface area (Å²) in [4.78, 5) is 10.5. The van der Waals surface area contributed by atoms with Gasteiger partial charge in [0, 0.05) is 19.6 Å². The lowest BCUT2D eigenvalue weighted by molar-refractivity contribution is -0.141. The molecule has 1 unspecified atom stereocenters. The average Bonchev–Trinajstić information content (AvgIpc) is 2.70. The van der Waals surface area contributed by atoms with E-state index < -0.39 is 22.1 Å². The maximum absolute atomic E-state index is 11.7. The minimum Gasteiger partial charge on any atom is -0.481 e. The van der Waals surface area contributed by atoms with Gasteiger partial charge < -0.3 is 5.11 Å². The molecule has 1 rings (SSSR count). The molecule has 1 saturated heterocycles. The molecular weight excluding hydrogens is 232 g/mol. The molecule has 7 heteroatoms. The molecule has 0 radical (unpaired) electrons. The highest BCUT2D eigenvalue weighted by Gasteiger charge is 2.24. The van der Waals surface area contributed by atoms with E-state index in [4.69, 9.17) is 5.11 Å². The number of hydrogen-bond acceptors (Lipinski definition) is 3. The number of carboxylic acids is 1. The first-order valence-electron chi connectivity index (χ1n) is 5.41. The van der Waals surface area contributed by atoms with Crippen LogP contribution in [0.3, 0.4) is 0 Å². The number of carbonyl (C=O) groups is 1. The molecule has 0 bridgehead atoms. The van der Waals surface area contributed by atoms with Crippen LogP contribution in [0, 0.1) is 5.92 Å². The lowest BCUT2D eigenvalue weighted by atomic mass is 10.1. The Bertz CT molecular complexity index is 335. The van der Waals surface area contributed by atoms with E-state index >= 15 is 0 Å². The summed E-state index contributed by atoms with van der Waals surface area (Å²) >= 11 is 0. The Morgan fingerprint density at radius 3 is 2.50 bits per heavy atom. The van der Waals surface area contributed by atoms with E-state index in [0.29, 0.717) is 19.5 Å². The number of carboxylic acid groups (broad SMARTS) is 1. The summed E-state index contributed by atoms with van der Waals surface area (Å²) in [6, 6.07) is 0. The Kier molecular flexibility index (Phi) is 4.69. The molecule has 6 nitrogen and oxygen atoms in total. The molecule has 0 spiro atoms. The summed E-state index contributed by atoms with van der Waals surface area (Å²) in [5.41, 5.74) is 0. The van der Waals surface area contributed by atoms with E-state index in [1.807, 2.05) is 0 Å². The largest absolute Gasteiger partial charge is 0.481 e. The van der Waals surface area contributed by atoms with Crippen LogP contribution in [0.2, 0.25) is 0 Å². The number of nitrogens with one attached hydrogen (secondary N) is 1. The van der Waals surface area contributed by atoms with Crippen LogP contribution in [0.25, 0.3) is 0 Å². The van der Waals surface area contributed by atoms with Crippen LogP contribution >= 0.6 is 0 Å². The van der Waals surface area contributed by atoms with E-state index in [0.717, 1.165) is 12.8 Å². The fourth-order valence-electron chi connectivity index (χ4n) is 1.55. The van der Waals surface area contributed by atoms with Crippen LogP contribution in [0.15, 0.2) is 0 Å². The van der Waals surface area contributed by atoms with Crippen molar-refractivity contribution in [3.05, 3.63) is 0 Å². The van der Waals surface area contributed by atoms with Crippen LogP contribution in [0.4, 0.5) is 0 Å². The molecule has 1 aliphatic heterocycles.